The molecule has 7 heteroatoms. The van der Waals surface area contributed by atoms with Crippen molar-refractivity contribution >= 4 is 7.85 Å². The Bertz CT molecular complexity index is 156. The Morgan fingerprint density at radius 3 is 2.00 bits per heavy atom. The zero-order valence-electron chi connectivity index (χ0n) is 7.37. The third-order valence-electron chi connectivity index (χ3n) is 1.96. The Balaban J connectivity index is 0.000000845. The van der Waals surface area contributed by atoms with E-state index in [2.05, 4.69) is 0 Å². The average molecular weight is 540 g/mol. The van der Waals surface area contributed by atoms with E-state index in [1.54, 1.807) is 0 Å². The molecular weight excluding hydrogens is 531 g/mol. The van der Waals surface area contributed by atoms with Gasteiger partial charge in [-0.1, -0.05) is 6.79 Å². The molecule has 2 fully saturated rings. The molecule has 0 aromatic carbocycles. The van der Waals surface area contributed by atoms with Crippen molar-refractivity contribution in [3.63, 3.8) is 0 Å². The van der Waals surface area contributed by atoms with E-state index in [1.165, 1.54) is 6.79 Å². The molecule has 4 radical (unpaired) electrons. The summed E-state index contributed by atoms with van der Waals surface area (Å²) >= 11 is 0. The van der Waals surface area contributed by atoms with E-state index in [1.807, 2.05) is 0 Å². The van der Waals surface area contributed by atoms with Gasteiger partial charge in [-0.25, -0.2) is 0 Å². The minimum absolute atomic E-state index is 0. The van der Waals surface area contributed by atoms with E-state index in [0.29, 0.717) is 26.4 Å². The Labute approximate surface area is 112 Å². The molecule has 80 valence electrons. The second-order valence-corrected chi connectivity index (χ2v) is 3.11. The van der Waals surface area contributed by atoms with Gasteiger partial charge in [0.15, 0.2) is 0 Å². The van der Waals surface area contributed by atoms with Gasteiger partial charge < -0.3 is 18.9 Å². The zero-order chi connectivity index (χ0) is 8.44. The fourth-order valence-electron chi connectivity index (χ4n) is 1.21. The van der Waals surface area contributed by atoms with E-state index in [4.69, 9.17) is 26.8 Å². The van der Waals surface area contributed by atoms with E-state index >= 15 is 0 Å². The van der Waals surface area contributed by atoms with Crippen LogP contribution in [0.1, 0.15) is 0 Å². The first-order valence-corrected chi connectivity index (χ1v) is 3.74. The summed E-state index contributed by atoms with van der Waals surface area (Å²) in [6.07, 6.45) is 0.134. The first-order chi connectivity index (χ1) is 5.81. The van der Waals surface area contributed by atoms with E-state index < -0.39 is 0 Å². The molecule has 0 aliphatic carbocycles. The van der Waals surface area contributed by atoms with Crippen LogP contribution in [-0.2, 0) is 59.8 Å². The molecule has 0 aromatic heterocycles. The van der Waals surface area contributed by atoms with E-state index in [-0.39, 0.29) is 52.5 Å². The van der Waals surface area contributed by atoms with Gasteiger partial charge in [0.05, 0.1) is 5.41 Å². The average Bonchev–Trinajstić information content (AvgIpc) is 2.13. The topological polar surface area (TPSA) is 36.9 Å². The summed E-state index contributed by atoms with van der Waals surface area (Å²) in [4.78, 5) is 0. The molecule has 0 atom stereocenters. The molecule has 14 heavy (non-hydrogen) atoms. The smallest absolute Gasteiger partial charge is 0.0521 e. The number of hydrogen-bond acceptors (Lipinski definition) is 4. The van der Waals surface area contributed by atoms with Crippen molar-refractivity contribution in [2.24, 2.45) is 5.41 Å². The van der Waals surface area contributed by atoms with E-state index in [0.717, 1.165) is 0 Å². The molecular formula is C7H9BO4Re2-2. The van der Waals surface area contributed by atoms with Crippen LogP contribution in [0.3, 0.4) is 0 Å². The Morgan fingerprint density at radius 2 is 1.50 bits per heavy atom. The predicted octanol–water partition coefficient (Wildman–Crippen LogP) is -0.204. The molecule has 2 saturated heterocycles. The summed E-state index contributed by atoms with van der Waals surface area (Å²) in [7, 11) is 5.31. The second kappa shape index (κ2) is 6.74. The molecule has 4 nitrogen and oxygen atoms in total. The summed E-state index contributed by atoms with van der Waals surface area (Å²) in [5.74, 6) is 0. The van der Waals surface area contributed by atoms with Crippen LogP contribution in [0.15, 0.2) is 0 Å². The molecule has 0 aromatic rings. The Kier molecular flexibility index (Phi) is 7.33. The molecule has 2 heterocycles. The Hall–Kier alpha value is 1.23. The van der Waals surface area contributed by atoms with Crippen LogP contribution in [0.5, 0.6) is 0 Å². The molecule has 2 rings (SSSR count). The predicted molar refractivity (Wildman–Crippen MR) is 39.5 cm³/mol. The standard InChI is InChI=1S/C7H9BO4.2Re/c8-6-11-3-7(4-12-6)1-9-5-10-2-7;;/h5H,1-4H2;;/q-2;;. The van der Waals surface area contributed by atoms with Gasteiger partial charge in [-0.15, -0.1) is 14.0 Å². The van der Waals surface area contributed by atoms with Gasteiger partial charge >= 0.3 is 0 Å². The van der Waals surface area contributed by atoms with Gasteiger partial charge in [-0.3, -0.25) is 0 Å². The molecule has 0 amide bonds. The normalized spacial score (nSPS) is 26.3. The Morgan fingerprint density at radius 1 is 1.00 bits per heavy atom. The zero-order valence-corrected chi connectivity index (χ0v) is 12.8. The van der Waals surface area contributed by atoms with Gasteiger partial charge in [0, 0.05) is 67.3 Å². The second-order valence-electron chi connectivity index (χ2n) is 3.11. The van der Waals surface area contributed by atoms with Crippen molar-refractivity contribution in [2.75, 3.05) is 26.4 Å². The minimum Gasteiger partial charge on any atom is -0.529 e. The molecule has 2 aliphatic heterocycles. The summed E-state index contributed by atoms with van der Waals surface area (Å²) in [6.45, 7) is 3.44. The van der Waals surface area contributed by atoms with Gasteiger partial charge in [-0.2, -0.15) is 0 Å². The first kappa shape index (κ1) is 15.2. The summed E-state index contributed by atoms with van der Waals surface area (Å²) < 4.78 is 20.2. The van der Waals surface area contributed by atoms with Crippen molar-refractivity contribution in [1.29, 1.82) is 0 Å². The van der Waals surface area contributed by atoms with Crippen LogP contribution in [0.25, 0.3) is 0 Å². The molecule has 2 aliphatic rings. The molecule has 0 saturated carbocycles. The third-order valence-corrected chi connectivity index (χ3v) is 1.96. The van der Waals surface area contributed by atoms with Gasteiger partial charge in [0.2, 0.25) is 0 Å². The molecule has 0 N–H and O–H groups in total. The minimum atomic E-state index is -0.183. The summed E-state index contributed by atoms with van der Waals surface area (Å²) in [5, 5.41) is 0. The van der Waals surface area contributed by atoms with Crippen molar-refractivity contribution < 1.29 is 59.8 Å². The van der Waals surface area contributed by atoms with Crippen molar-refractivity contribution in [2.45, 2.75) is 0 Å². The van der Waals surface area contributed by atoms with Crippen LogP contribution in [0, 0.1) is 18.4 Å². The number of hydrogen-bond donors (Lipinski definition) is 0. The fraction of sp³-hybridized carbons (Fsp3) is 0.714. The van der Waals surface area contributed by atoms with Crippen LogP contribution in [0.2, 0.25) is 0 Å². The maximum Gasteiger partial charge on any atom is 0.0521 e. The maximum absolute atomic E-state index is 5.31. The SMILES string of the molecule is [B][C-]1OCC2(CO[CH-]OC2)CO1.[Re].[Re]. The molecule has 0 bridgehead atoms. The molecule has 0 unspecified atom stereocenters. The monoisotopic (exact) mass is 542 g/mol. The van der Waals surface area contributed by atoms with Gasteiger partial charge in [0.25, 0.3) is 0 Å². The van der Waals surface area contributed by atoms with Crippen LogP contribution in [0.4, 0.5) is 0 Å². The third kappa shape index (κ3) is 3.67. The summed E-state index contributed by atoms with van der Waals surface area (Å²) in [6, 6.07) is 0. The van der Waals surface area contributed by atoms with Gasteiger partial charge in [-0.05, 0) is 0 Å². The number of ether oxygens (including phenoxy) is 4. The van der Waals surface area contributed by atoms with Gasteiger partial charge in [0.1, 0.15) is 0 Å². The van der Waals surface area contributed by atoms with E-state index in [9.17, 15) is 0 Å². The first-order valence-electron chi connectivity index (χ1n) is 3.74. The van der Waals surface area contributed by atoms with Crippen LogP contribution >= 0.6 is 0 Å². The largest absolute Gasteiger partial charge is 0.529 e. The summed E-state index contributed by atoms with van der Waals surface area (Å²) in [5.41, 5.74) is -0.183. The maximum atomic E-state index is 5.31. The van der Waals surface area contributed by atoms with Crippen molar-refractivity contribution in [1.82, 2.24) is 0 Å². The molecule has 1 spiro atoms. The van der Waals surface area contributed by atoms with Crippen molar-refractivity contribution in [3.8, 4) is 0 Å². The van der Waals surface area contributed by atoms with Crippen LogP contribution < -0.4 is 0 Å². The fourth-order valence-corrected chi connectivity index (χ4v) is 1.21. The quantitative estimate of drug-likeness (QED) is 0.315. The van der Waals surface area contributed by atoms with Crippen molar-refractivity contribution in [3.05, 3.63) is 13.0 Å². The van der Waals surface area contributed by atoms with Crippen LogP contribution in [-0.4, -0.2) is 34.3 Å². The number of rotatable bonds is 0.